The summed E-state index contributed by atoms with van der Waals surface area (Å²) in [5.41, 5.74) is 2.47. The zero-order valence-electron chi connectivity index (χ0n) is 23.0. The third-order valence-electron chi connectivity index (χ3n) is 7.06. The first-order chi connectivity index (χ1) is 18.1. The van der Waals surface area contributed by atoms with Crippen molar-refractivity contribution in [2.45, 2.75) is 77.9 Å². The quantitative estimate of drug-likeness (QED) is 0.404. The van der Waals surface area contributed by atoms with Crippen LogP contribution in [0.5, 0.6) is 5.75 Å². The summed E-state index contributed by atoms with van der Waals surface area (Å²) in [6, 6.07) is 14.3. The van der Waals surface area contributed by atoms with E-state index in [9.17, 15) is 18.0 Å². The summed E-state index contributed by atoms with van der Waals surface area (Å²) in [6.07, 6.45) is 5.70. The van der Waals surface area contributed by atoms with Crippen LogP contribution in [0.2, 0.25) is 0 Å². The van der Waals surface area contributed by atoms with E-state index in [1.54, 1.807) is 36.1 Å². The molecule has 1 saturated carbocycles. The predicted octanol–water partition coefficient (Wildman–Crippen LogP) is 4.42. The molecule has 2 amide bonds. The third-order valence-corrected chi connectivity index (χ3v) is 8.24. The van der Waals surface area contributed by atoms with Gasteiger partial charge in [0.15, 0.2) is 0 Å². The molecule has 1 fully saturated rings. The van der Waals surface area contributed by atoms with Gasteiger partial charge in [0.05, 0.1) is 18.6 Å². The molecule has 2 aromatic rings. The molecule has 8 nitrogen and oxygen atoms in total. The van der Waals surface area contributed by atoms with Crippen molar-refractivity contribution in [2.24, 2.45) is 0 Å². The van der Waals surface area contributed by atoms with Gasteiger partial charge in [-0.2, -0.15) is 0 Å². The van der Waals surface area contributed by atoms with Crippen molar-refractivity contribution in [1.82, 2.24) is 10.2 Å². The fraction of sp³-hybridized carbons (Fsp3) is 0.517. The van der Waals surface area contributed by atoms with Gasteiger partial charge in [-0.25, -0.2) is 8.42 Å². The number of amides is 2. The summed E-state index contributed by atoms with van der Waals surface area (Å²) >= 11 is 0. The average molecular weight is 544 g/mol. The molecule has 2 aromatic carbocycles. The molecule has 0 bridgehead atoms. The fourth-order valence-corrected chi connectivity index (χ4v) is 5.84. The number of rotatable bonds is 13. The minimum absolute atomic E-state index is 0.107. The van der Waals surface area contributed by atoms with Gasteiger partial charge in [0.25, 0.3) is 0 Å². The number of ether oxygens (including phenoxy) is 1. The van der Waals surface area contributed by atoms with Crippen molar-refractivity contribution in [3.63, 3.8) is 0 Å². The molecule has 1 aliphatic rings. The first-order valence-electron chi connectivity index (χ1n) is 13.5. The molecule has 9 heteroatoms. The lowest BCUT2D eigenvalue weighted by Crippen LogP contribution is -2.49. The Morgan fingerprint density at radius 2 is 1.74 bits per heavy atom. The molecule has 1 N–H and O–H groups in total. The summed E-state index contributed by atoms with van der Waals surface area (Å²) in [5, 5.41) is 3.11. The van der Waals surface area contributed by atoms with Gasteiger partial charge in [-0.1, -0.05) is 49.2 Å². The Morgan fingerprint density at radius 1 is 1.08 bits per heavy atom. The predicted molar refractivity (Wildman–Crippen MR) is 151 cm³/mol. The fourth-order valence-electron chi connectivity index (χ4n) is 4.87. The number of carbonyl (C=O) groups is 2. The van der Waals surface area contributed by atoms with Crippen LogP contribution in [0.1, 0.15) is 63.5 Å². The molecule has 0 aliphatic heterocycles. The second-order valence-corrected chi connectivity index (χ2v) is 11.9. The van der Waals surface area contributed by atoms with E-state index in [1.165, 1.54) is 4.31 Å². The highest BCUT2D eigenvalue weighted by molar-refractivity contribution is 7.92. The van der Waals surface area contributed by atoms with E-state index in [2.05, 4.69) is 5.32 Å². The second kappa shape index (κ2) is 13.6. The number of nitrogens with zero attached hydrogens (tertiary/aromatic N) is 2. The van der Waals surface area contributed by atoms with E-state index in [1.807, 2.05) is 38.1 Å². The lowest BCUT2D eigenvalue weighted by molar-refractivity contribution is -0.141. The smallest absolute Gasteiger partial charge is 0.242 e. The average Bonchev–Trinajstić information content (AvgIpc) is 3.39. The number of sulfonamides is 1. The Kier molecular flexibility index (Phi) is 10.6. The summed E-state index contributed by atoms with van der Waals surface area (Å²) in [4.78, 5) is 28.3. The van der Waals surface area contributed by atoms with Gasteiger partial charge in [0, 0.05) is 25.6 Å². The number of hydrogen-bond acceptors (Lipinski definition) is 5. The third kappa shape index (κ3) is 7.96. The second-order valence-electron chi connectivity index (χ2n) is 9.95. The van der Waals surface area contributed by atoms with Crippen LogP contribution < -0.4 is 14.4 Å². The van der Waals surface area contributed by atoms with Gasteiger partial charge < -0.3 is 15.0 Å². The van der Waals surface area contributed by atoms with Gasteiger partial charge in [-0.15, -0.1) is 0 Å². The summed E-state index contributed by atoms with van der Waals surface area (Å²) in [5.74, 6) is 0.140. The number of para-hydroxylation sites is 2. The molecule has 1 aliphatic carbocycles. The van der Waals surface area contributed by atoms with Gasteiger partial charge in [-0.05, 0) is 63.3 Å². The molecule has 1 atom stereocenters. The number of aryl methyl sites for hydroxylation is 1. The Bertz CT molecular complexity index is 1190. The maximum Gasteiger partial charge on any atom is 0.242 e. The van der Waals surface area contributed by atoms with Gasteiger partial charge in [0.2, 0.25) is 21.8 Å². The number of nitrogens with one attached hydrogen (secondary N) is 1. The van der Waals surface area contributed by atoms with Crippen molar-refractivity contribution >= 4 is 27.5 Å². The summed E-state index contributed by atoms with van der Waals surface area (Å²) in [6.45, 7) is 6.43. The van der Waals surface area contributed by atoms with Crippen molar-refractivity contribution < 1.29 is 22.7 Å². The van der Waals surface area contributed by atoms with E-state index in [4.69, 9.17) is 4.74 Å². The molecular weight excluding hydrogens is 502 g/mol. The molecule has 0 spiro atoms. The van der Waals surface area contributed by atoms with Crippen LogP contribution in [0, 0.1) is 6.92 Å². The lowest BCUT2D eigenvalue weighted by Gasteiger charge is -2.31. The largest absolute Gasteiger partial charge is 0.492 e. The van der Waals surface area contributed by atoms with E-state index >= 15 is 0 Å². The molecule has 38 heavy (non-hydrogen) atoms. The molecule has 0 aromatic heterocycles. The van der Waals surface area contributed by atoms with Gasteiger partial charge >= 0.3 is 0 Å². The molecule has 208 valence electrons. The van der Waals surface area contributed by atoms with Gasteiger partial charge in [0.1, 0.15) is 11.8 Å². The van der Waals surface area contributed by atoms with Crippen molar-refractivity contribution in [3.05, 3.63) is 59.7 Å². The molecular formula is C29H41N3O5S. The molecule has 0 heterocycles. The normalized spacial score (nSPS) is 14.6. The van der Waals surface area contributed by atoms with Crippen LogP contribution in [0.4, 0.5) is 5.69 Å². The topological polar surface area (TPSA) is 96.0 Å². The lowest BCUT2D eigenvalue weighted by atomic mass is 10.1. The number of benzene rings is 2. The van der Waals surface area contributed by atoms with Crippen LogP contribution in [0.3, 0.4) is 0 Å². The molecule has 0 radical (unpaired) electrons. The van der Waals surface area contributed by atoms with Crippen LogP contribution in [-0.4, -0.2) is 56.6 Å². The van der Waals surface area contributed by atoms with Crippen LogP contribution in [0.25, 0.3) is 0 Å². The Labute approximate surface area is 227 Å². The van der Waals surface area contributed by atoms with Crippen molar-refractivity contribution in [3.8, 4) is 5.75 Å². The summed E-state index contributed by atoms with van der Waals surface area (Å²) < 4.78 is 32.2. The van der Waals surface area contributed by atoms with E-state index < -0.39 is 16.1 Å². The Hall–Kier alpha value is -3.07. The Balaban J connectivity index is 1.75. The minimum atomic E-state index is -3.61. The van der Waals surface area contributed by atoms with Gasteiger partial charge in [-0.3, -0.25) is 13.9 Å². The first-order valence-corrected chi connectivity index (χ1v) is 15.3. The number of carbonyl (C=O) groups excluding carboxylic acids is 2. The van der Waals surface area contributed by atoms with Crippen LogP contribution in [-0.2, 0) is 26.2 Å². The van der Waals surface area contributed by atoms with E-state index in [0.29, 0.717) is 31.0 Å². The monoisotopic (exact) mass is 543 g/mol. The maximum atomic E-state index is 13.5. The zero-order chi connectivity index (χ0) is 27.7. The standard InChI is InChI=1S/C29H41N3O5S/c1-5-37-27-18-11-10-17-26(27)32(38(4,35)36)20-12-19-28(33)31(21-24-14-7-6-13-22(24)2)23(3)29(34)30-25-15-8-9-16-25/h6-7,10-11,13-14,17-18,23,25H,5,8-9,12,15-16,19-21H2,1-4H3,(H,30,34). The highest BCUT2D eigenvalue weighted by Gasteiger charge is 2.29. The zero-order valence-corrected chi connectivity index (χ0v) is 23.8. The highest BCUT2D eigenvalue weighted by atomic mass is 32.2. The van der Waals surface area contributed by atoms with Crippen molar-refractivity contribution in [1.29, 1.82) is 0 Å². The van der Waals surface area contributed by atoms with Crippen molar-refractivity contribution in [2.75, 3.05) is 23.7 Å². The van der Waals surface area contributed by atoms with Crippen LogP contribution in [0.15, 0.2) is 48.5 Å². The summed E-state index contributed by atoms with van der Waals surface area (Å²) in [7, 11) is -3.61. The Morgan fingerprint density at radius 3 is 2.39 bits per heavy atom. The minimum Gasteiger partial charge on any atom is -0.492 e. The first kappa shape index (κ1) is 29.5. The molecule has 1 unspecified atom stereocenters. The maximum absolute atomic E-state index is 13.5. The molecule has 0 saturated heterocycles. The van der Waals surface area contributed by atoms with E-state index in [-0.39, 0.29) is 30.8 Å². The number of anilines is 1. The SMILES string of the molecule is CCOc1ccccc1N(CCCC(=O)N(Cc1ccccc1C)C(C)C(=O)NC1CCCC1)S(C)(=O)=O. The highest BCUT2D eigenvalue weighted by Crippen LogP contribution is 2.30. The molecule has 3 rings (SSSR count). The number of hydrogen-bond donors (Lipinski definition) is 1. The van der Waals surface area contributed by atoms with E-state index in [0.717, 1.165) is 43.1 Å². The van der Waals surface area contributed by atoms with Crippen LogP contribution >= 0.6 is 0 Å².